The first-order chi connectivity index (χ1) is 10.0. The molecule has 0 spiro atoms. The van der Waals surface area contributed by atoms with Crippen molar-refractivity contribution in [3.63, 3.8) is 0 Å². The quantitative estimate of drug-likeness (QED) is 0.378. The van der Waals surface area contributed by atoms with Gasteiger partial charge in [-0.05, 0) is 20.3 Å². The van der Waals surface area contributed by atoms with Crippen molar-refractivity contribution >= 4 is 17.8 Å². The number of aromatic nitrogens is 3. The van der Waals surface area contributed by atoms with Crippen LogP contribution >= 0.6 is 0 Å². The zero-order valence-corrected chi connectivity index (χ0v) is 12.6. The number of anilines is 2. The summed E-state index contributed by atoms with van der Waals surface area (Å²) in [5.74, 6) is 5.78. The van der Waals surface area contributed by atoms with Gasteiger partial charge in [-0.15, -0.1) is 0 Å². The summed E-state index contributed by atoms with van der Waals surface area (Å²) in [5.41, 5.74) is 2.35. The fourth-order valence-corrected chi connectivity index (χ4v) is 1.40. The molecule has 0 bridgehead atoms. The van der Waals surface area contributed by atoms with Gasteiger partial charge in [0.2, 0.25) is 17.8 Å². The molecule has 0 fully saturated rings. The Balaban J connectivity index is 2.55. The van der Waals surface area contributed by atoms with Crippen LogP contribution in [0.2, 0.25) is 0 Å². The molecule has 1 aromatic rings. The predicted octanol–water partition coefficient (Wildman–Crippen LogP) is 0.273. The van der Waals surface area contributed by atoms with Gasteiger partial charge in [-0.1, -0.05) is 6.92 Å². The number of nitrogens with zero attached hydrogens (tertiary/aromatic N) is 3. The normalized spacial score (nSPS) is 10.3. The number of nitrogens with one attached hydrogen (secondary N) is 3. The van der Waals surface area contributed by atoms with Crippen LogP contribution in [0.25, 0.3) is 0 Å². The molecule has 0 aliphatic rings. The van der Waals surface area contributed by atoms with E-state index in [0.717, 1.165) is 6.42 Å². The summed E-state index contributed by atoms with van der Waals surface area (Å²) < 4.78 is 5.40. The Hall–Kier alpha value is -2.16. The third-order valence-corrected chi connectivity index (χ3v) is 2.29. The van der Waals surface area contributed by atoms with Crippen LogP contribution in [0.1, 0.15) is 33.6 Å². The van der Waals surface area contributed by atoms with E-state index < -0.39 is 0 Å². The number of hydrazine groups is 1. The molecule has 5 N–H and O–H groups in total. The summed E-state index contributed by atoms with van der Waals surface area (Å²) >= 11 is 0. The van der Waals surface area contributed by atoms with E-state index in [1.54, 1.807) is 0 Å². The number of ether oxygens (including phenoxy) is 1. The van der Waals surface area contributed by atoms with E-state index in [9.17, 15) is 4.79 Å². The van der Waals surface area contributed by atoms with E-state index in [4.69, 9.17) is 10.6 Å². The Morgan fingerprint density at radius 1 is 1.24 bits per heavy atom. The van der Waals surface area contributed by atoms with Crippen molar-refractivity contribution in [3.05, 3.63) is 0 Å². The first-order valence-electron chi connectivity index (χ1n) is 6.95. The van der Waals surface area contributed by atoms with Crippen molar-refractivity contribution in [1.29, 1.82) is 0 Å². The van der Waals surface area contributed by atoms with Gasteiger partial charge in [0.25, 0.3) is 0 Å². The molecule has 0 saturated carbocycles. The fourth-order valence-electron chi connectivity index (χ4n) is 1.40. The van der Waals surface area contributed by atoms with Crippen molar-refractivity contribution in [3.8, 4) is 6.01 Å². The van der Waals surface area contributed by atoms with E-state index in [0.29, 0.717) is 25.5 Å². The predicted molar refractivity (Wildman–Crippen MR) is 79.8 cm³/mol. The lowest BCUT2D eigenvalue weighted by atomic mass is 10.4. The number of carbonyl (C=O) groups excluding carboxylic acids is 1. The van der Waals surface area contributed by atoms with E-state index in [1.165, 1.54) is 0 Å². The van der Waals surface area contributed by atoms with Crippen molar-refractivity contribution in [2.24, 2.45) is 5.84 Å². The second-order valence-corrected chi connectivity index (χ2v) is 4.60. The average Bonchev–Trinajstić information content (AvgIpc) is 2.44. The Kier molecular flexibility index (Phi) is 7.16. The van der Waals surface area contributed by atoms with Crippen LogP contribution in [0.5, 0.6) is 6.01 Å². The molecule has 21 heavy (non-hydrogen) atoms. The first-order valence-corrected chi connectivity index (χ1v) is 6.95. The van der Waals surface area contributed by atoms with Crippen molar-refractivity contribution in [2.45, 2.75) is 39.7 Å². The van der Waals surface area contributed by atoms with E-state index >= 15 is 0 Å². The summed E-state index contributed by atoms with van der Waals surface area (Å²) in [6.45, 7) is 6.82. The van der Waals surface area contributed by atoms with Gasteiger partial charge in [-0.2, -0.15) is 15.0 Å². The topological polar surface area (TPSA) is 127 Å². The molecule has 0 radical (unpaired) electrons. The van der Waals surface area contributed by atoms with E-state index in [1.807, 2.05) is 20.8 Å². The summed E-state index contributed by atoms with van der Waals surface area (Å²) in [5, 5.41) is 5.73. The van der Waals surface area contributed by atoms with Gasteiger partial charge in [-0.3, -0.25) is 10.2 Å². The minimum absolute atomic E-state index is 0.0192. The average molecular weight is 297 g/mol. The minimum atomic E-state index is -0.0642. The third kappa shape index (κ3) is 6.70. The molecule has 118 valence electrons. The lowest BCUT2D eigenvalue weighted by Crippen LogP contribution is -2.26. The monoisotopic (exact) mass is 297 g/mol. The van der Waals surface area contributed by atoms with Gasteiger partial charge in [0.1, 0.15) is 0 Å². The summed E-state index contributed by atoms with van der Waals surface area (Å²) in [6, 6.07) is 0.172. The number of amides is 1. The molecule has 0 aliphatic heterocycles. The highest BCUT2D eigenvalue weighted by atomic mass is 16.5. The van der Waals surface area contributed by atoms with Crippen LogP contribution in [0.3, 0.4) is 0 Å². The summed E-state index contributed by atoms with van der Waals surface area (Å²) in [4.78, 5) is 23.6. The molecule has 1 amide bonds. The van der Waals surface area contributed by atoms with Gasteiger partial charge >= 0.3 is 6.01 Å². The maximum absolute atomic E-state index is 11.5. The molecule has 1 aromatic heterocycles. The number of hydrogen-bond acceptors (Lipinski definition) is 8. The molecule has 1 rings (SSSR count). The summed E-state index contributed by atoms with van der Waals surface area (Å²) in [6.07, 6.45) is 1.18. The highest BCUT2D eigenvalue weighted by Gasteiger charge is 2.08. The Bertz CT molecular complexity index is 453. The number of nitrogens with two attached hydrogens (primary N) is 1. The highest BCUT2D eigenvalue weighted by molar-refractivity contribution is 5.76. The Morgan fingerprint density at radius 2 is 1.95 bits per heavy atom. The zero-order valence-electron chi connectivity index (χ0n) is 12.6. The minimum Gasteiger partial charge on any atom is -0.461 e. The molecule has 0 saturated heterocycles. The molecule has 1 heterocycles. The second-order valence-electron chi connectivity index (χ2n) is 4.60. The van der Waals surface area contributed by atoms with Crippen LogP contribution < -0.4 is 26.6 Å². The van der Waals surface area contributed by atoms with Crippen molar-refractivity contribution in [1.82, 2.24) is 20.3 Å². The SMILES string of the molecule is CCCNC(=O)CCNc1nc(NN)nc(OC(C)C)n1. The first kappa shape index (κ1) is 16.9. The van der Waals surface area contributed by atoms with Gasteiger partial charge in [0.05, 0.1) is 6.10 Å². The third-order valence-electron chi connectivity index (χ3n) is 2.29. The highest BCUT2D eigenvalue weighted by Crippen LogP contribution is 2.11. The lowest BCUT2D eigenvalue weighted by molar-refractivity contribution is -0.120. The van der Waals surface area contributed by atoms with Crippen molar-refractivity contribution in [2.75, 3.05) is 23.8 Å². The van der Waals surface area contributed by atoms with Crippen LogP contribution in [-0.2, 0) is 4.79 Å². The summed E-state index contributed by atoms with van der Waals surface area (Å²) in [7, 11) is 0. The van der Waals surface area contributed by atoms with Gasteiger partial charge in [0.15, 0.2) is 0 Å². The van der Waals surface area contributed by atoms with Gasteiger partial charge < -0.3 is 15.4 Å². The molecular weight excluding hydrogens is 274 g/mol. The Morgan fingerprint density at radius 3 is 2.57 bits per heavy atom. The maximum atomic E-state index is 11.5. The van der Waals surface area contributed by atoms with Crippen LogP contribution in [0, 0.1) is 0 Å². The smallest absolute Gasteiger partial charge is 0.323 e. The van der Waals surface area contributed by atoms with Crippen LogP contribution in [-0.4, -0.2) is 40.1 Å². The number of carbonyl (C=O) groups is 1. The van der Waals surface area contributed by atoms with Gasteiger partial charge in [-0.25, -0.2) is 5.84 Å². The maximum Gasteiger partial charge on any atom is 0.323 e. The lowest BCUT2D eigenvalue weighted by Gasteiger charge is -2.11. The molecule has 0 aliphatic carbocycles. The van der Waals surface area contributed by atoms with Crippen molar-refractivity contribution < 1.29 is 9.53 Å². The molecule has 0 aromatic carbocycles. The molecule has 0 atom stereocenters. The van der Waals surface area contributed by atoms with Gasteiger partial charge in [0, 0.05) is 19.5 Å². The van der Waals surface area contributed by atoms with E-state index in [2.05, 4.69) is 31.0 Å². The number of rotatable bonds is 9. The second kappa shape index (κ2) is 8.90. The Labute approximate surface area is 124 Å². The van der Waals surface area contributed by atoms with Crippen LogP contribution in [0.15, 0.2) is 0 Å². The molecular formula is C12H23N7O2. The van der Waals surface area contributed by atoms with E-state index in [-0.39, 0.29) is 24.0 Å². The number of nitrogen functional groups attached to an aromatic ring is 1. The standard InChI is InChI=1S/C12H23N7O2/c1-4-6-14-9(20)5-7-15-10-16-11(19-13)18-12(17-10)21-8(2)3/h8H,4-7,13H2,1-3H3,(H,14,20)(H2,15,16,17,18,19). The largest absolute Gasteiger partial charge is 0.461 e. The number of hydrogen-bond donors (Lipinski definition) is 4. The van der Waals surface area contributed by atoms with Crippen LogP contribution in [0.4, 0.5) is 11.9 Å². The fraction of sp³-hybridized carbons (Fsp3) is 0.667. The molecule has 9 heteroatoms. The molecule has 0 unspecified atom stereocenters. The zero-order chi connectivity index (χ0) is 15.7. The molecule has 9 nitrogen and oxygen atoms in total.